The molecule has 7 heteroatoms. The maximum absolute atomic E-state index is 12.4. The first-order valence-electron chi connectivity index (χ1n) is 7.04. The van der Waals surface area contributed by atoms with Crippen molar-refractivity contribution < 1.29 is 9.59 Å². The summed E-state index contributed by atoms with van der Waals surface area (Å²) in [7, 11) is 0. The van der Waals surface area contributed by atoms with Crippen LogP contribution in [0.1, 0.15) is 17.4 Å². The van der Waals surface area contributed by atoms with E-state index in [0.717, 1.165) is 17.9 Å². The van der Waals surface area contributed by atoms with Crippen LogP contribution in [0.4, 0.5) is 4.79 Å². The van der Waals surface area contributed by atoms with Gasteiger partial charge >= 0.3 is 6.03 Å². The SMILES string of the molecule is NC(=O)NC(=O)[C@@H](c1ccccc1)N1CCn2ccnc2C1. The molecule has 22 heavy (non-hydrogen) atoms. The Hall–Kier alpha value is -2.67. The lowest BCUT2D eigenvalue weighted by Crippen LogP contribution is -2.46. The molecule has 3 amide bonds. The minimum absolute atomic E-state index is 0.418. The lowest BCUT2D eigenvalue weighted by molar-refractivity contribution is -0.126. The highest BCUT2D eigenvalue weighted by Gasteiger charge is 2.31. The van der Waals surface area contributed by atoms with Crippen molar-refractivity contribution in [2.24, 2.45) is 5.73 Å². The molecular formula is C15H17N5O2. The van der Waals surface area contributed by atoms with Crippen LogP contribution in [0.5, 0.6) is 0 Å². The first-order chi connectivity index (χ1) is 10.6. The number of urea groups is 1. The quantitative estimate of drug-likeness (QED) is 0.869. The number of carbonyl (C=O) groups excluding carboxylic acids is 2. The van der Waals surface area contributed by atoms with Crippen molar-refractivity contribution in [3.8, 4) is 0 Å². The molecule has 3 N–H and O–H groups in total. The zero-order valence-electron chi connectivity index (χ0n) is 12.0. The largest absolute Gasteiger partial charge is 0.351 e. The molecule has 1 atom stereocenters. The molecule has 0 radical (unpaired) electrons. The molecule has 0 fully saturated rings. The van der Waals surface area contributed by atoms with Crippen LogP contribution >= 0.6 is 0 Å². The van der Waals surface area contributed by atoms with Crippen LogP contribution in [0.25, 0.3) is 0 Å². The van der Waals surface area contributed by atoms with Gasteiger partial charge in [0.1, 0.15) is 11.9 Å². The highest BCUT2D eigenvalue weighted by molar-refractivity contribution is 5.96. The lowest BCUT2D eigenvalue weighted by atomic mass is 10.0. The summed E-state index contributed by atoms with van der Waals surface area (Å²) in [6, 6.07) is 7.94. The van der Waals surface area contributed by atoms with E-state index in [4.69, 9.17) is 5.73 Å². The number of carbonyl (C=O) groups is 2. The highest BCUT2D eigenvalue weighted by Crippen LogP contribution is 2.25. The minimum atomic E-state index is -0.843. The van der Waals surface area contributed by atoms with Gasteiger partial charge in [-0.15, -0.1) is 0 Å². The number of hydrogen-bond acceptors (Lipinski definition) is 4. The van der Waals surface area contributed by atoms with Crippen LogP contribution in [0.3, 0.4) is 0 Å². The monoisotopic (exact) mass is 299 g/mol. The summed E-state index contributed by atoms with van der Waals surface area (Å²) >= 11 is 0. The van der Waals surface area contributed by atoms with Crippen LogP contribution in [0.2, 0.25) is 0 Å². The predicted octanol–water partition coefficient (Wildman–Crippen LogP) is 0.635. The van der Waals surface area contributed by atoms with Gasteiger partial charge in [-0.2, -0.15) is 0 Å². The molecule has 0 spiro atoms. The van der Waals surface area contributed by atoms with Crippen LogP contribution < -0.4 is 11.1 Å². The van der Waals surface area contributed by atoms with Gasteiger partial charge < -0.3 is 10.3 Å². The first kappa shape index (κ1) is 14.3. The molecule has 3 rings (SSSR count). The van der Waals surface area contributed by atoms with Gasteiger partial charge in [-0.25, -0.2) is 9.78 Å². The highest BCUT2D eigenvalue weighted by atomic mass is 16.2. The molecule has 1 aromatic heterocycles. The van der Waals surface area contributed by atoms with Gasteiger partial charge in [0.25, 0.3) is 0 Å². The van der Waals surface area contributed by atoms with Gasteiger partial charge in [-0.3, -0.25) is 15.0 Å². The average Bonchev–Trinajstić information content (AvgIpc) is 2.95. The second-order valence-electron chi connectivity index (χ2n) is 5.17. The Labute approximate surface area is 127 Å². The molecule has 0 saturated heterocycles. The Balaban J connectivity index is 1.89. The zero-order valence-corrected chi connectivity index (χ0v) is 12.0. The second kappa shape index (κ2) is 5.98. The normalized spacial score (nSPS) is 15.8. The van der Waals surface area contributed by atoms with E-state index in [0.29, 0.717) is 13.1 Å². The molecule has 0 saturated carbocycles. The maximum atomic E-state index is 12.4. The fourth-order valence-electron chi connectivity index (χ4n) is 2.77. The van der Waals surface area contributed by atoms with Crippen molar-refractivity contribution in [1.82, 2.24) is 19.8 Å². The number of nitrogens with zero attached hydrogens (tertiary/aromatic N) is 3. The van der Waals surface area contributed by atoms with E-state index in [2.05, 4.69) is 14.9 Å². The third kappa shape index (κ3) is 2.84. The first-order valence-corrected chi connectivity index (χ1v) is 7.04. The Morgan fingerprint density at radius 3 is 2.73 bits per heavy atom. The Kier molecular flexibility index (Phi) is 3.88. The molecule has 0 aliphatic carbocycles. The number of amides is 3. The summed E-state index contributed by atoms with van der Waals surface area (Å²) < 4.78 is 2.06. The predicted molar refractivity (Wildman–Crippen MR) is 79.5 cm³/mol. The van der Waals surface area contributed by atoms with Gasteiger partial charge in [-0.1, -0.05) is 30.3 Å². The summed E-state index contributed by atoms with van der Waals surface area (Å²) in [4.78, 5) is 29.8. The van der Waals surface area contributed by atoms with Crippen molar-refractivity contribution in [1.29, 1.82) is 0 Å². The summed E-state index contributed by atoms with van der Waals surface area (Å²) in [6.07, 6.45) is 3.67. The molecule has 7 nitrogen and oxygen atoms in total. The van der Waals surface area contributed by atoms with Crippen LogP contribution in [-0.4, -0.2) is 32.9 Å². The summed E-state index contributed by atoms with van der Waals surface area (Å²) in [5.41, 5.74) is 5.91. The zero-order chi connectivity index (χ0) is 15.5. The van der Waals surface area contributed by atoms with E-state index in [-0.39, 0.29) is 0 Å². The van der Waals surface area contributed by atoms with E-state index in [9.17, 15) is 9.59 Å². The topological polar surface area (TPSA) is 93.2 Å². The molecule has 0 unspecified atom stereocenters. The summed E-state index contributed by atoms with van der Waals surface area (Å²) in [5.74, 6) is 0.484. The van der Waals surface area contributed by atoms with Crippen LogP contribution in [0.15, 0.2) is 42.7 Å². The fraction of sp³-hybridized carbons (Fsp3) is 0.267. The van der Waals surface area contributed by atoms with E-state index < -0.39 is 18.0 Å². The molecule has 114 valence electrons. The Morgan fingerprint density at radius 1 is 1.23 bits per heavy atom. The number of hydrogen-bond donors (Lipinski definition) is 2. The van der Waals surface area contributed by atoms with Gasteiger partial charge in [0.05, 0.1) is 6.54 Å². The number of rotatable bonds is 3. The van der Waals surface area contributed by atoms with Crippen LogP contribution in [-0.2, 0) is 17.9 Å². The third-order valence-corrected chi connectivity index (χ3v) is 3.75. The Morgan fingerprint density at radius 2 is 2.00 bits per heavy atom. The number of imidazole rings is 1. The van der Waals surface area contributed by atoms with Crippen molar-refractivity contribution in [3.63, 3.8) is 0 Å². The second-order valence-corrected chi connectivity index (χ2v) is 5.17. The number of nitrogens with one attached hydrogen (secondary N) is 1. The number of aromatic nitrogens is 2. The molecule has 2 aromatic rings. The lowest BCUT2D eigenvalue weighted by Gasteiger charge is -2.33. The molecule has 1 aromatic carbocycles. The average molecular weight is 299 g/mol. The molecule has 1 aliphatic rings. The number of benzene rings is 1. The van der Waals surface area contributed by atoms with Gasteiger partial charge in [0, 0.05) is 25.5 Å². The number of nitrogens with two attached hydrogens (primary N) is 1. The summed E-state index contributed by atoms with van der Waals surface area (Å²) in [5, 5.41) is 2.19. The van der Waals surface area contributed by atoms with Crippen molar-refractivity contribution >= 4 is 11.9 Å². The fourth-order valence-corrected chi connectivity index (χ4v) is 2.77. The van der Waals surface area contributed by atoms with Gasteiger partial charge in [-0.05, 0) is 5.56 Å². The Bertz CT molecular complexity index is 682. The maximum Gasteiger partial charge on any atom is 0.318 e. The van der Waals surface area contributed by atoms with Gasteiger partial charge in [0.15, 0.2) is 0 Å². The molecule has 0 bridgehead atoms. The summed E-state index contributed by atoms with van der Waals surface area (Å²) in [6.45, 7) is 1.98. The van der Waals surface area contributed by atoms with E-state index >= 15 is 0 Å². The molecular weight excluding hydrogens is 282 g/mol. The molecule has 2 heterocycles. The van der Waals surface area contributed by atoms with Crippen molar-refractivity contribution in [2.75, 3.05) is 6.54 Å². The smallest absolute Gasteiger partial charge is 0.318 e. The van der Waals surface area contributed by atoms with Gasteiger partial charge in [0.2, 0.25) is 5.91 Å². The van der Waals surface area contributed by atoms with E-state index in [1.54, 1.807) is 6.20 Å². The number of primary amides is 1. The molecule has 1 aliphatic heterocycles. The van der Waals surface area contributed by atoms with E-state index in [1.165, 1.54) is 0 Å². The van der Waals surface area contributed by atoms with Crippen molar-refractivity contribution in [3.05, 3.63) is 54.1 Å². The third-order valence-electron chi connectivity index (χ3n) is 3.75. The van der Waals surface area contributed by atoms with Crippen molar-refractivity contribution in [2.45, 2.75) is 19.1 Å². The number of fused-ring (bicyclic) bond motifs is 1. The number of imide groups is 1. The van der Waals surface area contributed by atoms with E-state index in [1.807, 2.05) is 41.4 Å². The minimum Gasteiger partial charge on any atom is -0.351 e. The standard InChI is InChI=1S/C15H17N5O2/c16-15(22)18-14(21)13(11-4-2-1-3-5-11)20-9-8-19-7-6-17-12(19)10-20/h1-7,13H,8-10H2,(H3,16,18,21,22)/t13-/m1/s1. The van der Waals surface area contributed by atoms with Crippen LogP contribution in [0, 0.1) is 0 Å².